The second-order valence-corrected chi connectivity index (χ2v) is 6.87. The molecular formula is C19H26N4O2. The third-order valence-electron chi connectivity index (χ3n) is 4.53. The second-order valence-electron chi connectivity index (χ2n) is 6.87. The first-order chi connectivity index (χ1) is 12.0. The summed E-state index contributed by atoms with van der Waals surface area (Å²) < 4.78 is 7.71. The first-order valence-corrected chi connectivity index (χ1v) is 8.67. The van der Waals surface area contributed by atoms with Crippen LogP contribution in [-0.2, 0) is 17.9 Å². The number of benzene rings is 1. The Hall–Kier alpha value is -2.34. The van der Waals surface area contributed by atoms with Gasteiger partial charge in [-0.1, -0.05) is 17.7 Å². The molecule has 0 bridgehead atoms. The summed E-state index contributed by atoms with van der Waals surface area (Å²) in [7, 11) is 4.07. The molecule has 0 aliphatic carbocycles. The lowest BCUT2D eigenvalue weighted by Gasteiger charge is -2.31. The van der Waals surface area contributed by atoms with Crippen molar-refractivity contribution in [1.82, 2.24) is 19.6 Å². The van der Waals surface area contributed by atoms with Crippen molar-refractivity contribution in [2.24, 2.45) is 0 Å². The van der Waals surface area contributed by atoms with Gasteiger partial charge in [-0.2, -0.15) is 5.10 Å². The average molecular weight is 342 g/mol. The first kappa shape index (κ1) is 17.5. The van der Waals surface area contributed by atoms with Crippen LogP contribution in [0.3, 0.4) is 0 Å². The molecule has 0 N–H and O–H groups in total. The molecule has 6 heteroatoms. The monoisotopic (exact) mass is 342 g/mol. The zero-order chi connectivity index (χ0) is 17.8. The van der Waals surface area contributed by atoms with Gasteiger partial charge in [-0.15, -0.1) is 0 Å². The summed E-state index contributed by atoms with van der Waals surface area (Å²) in [5, 5.41) is 4.36. The highest BCUT2D eigenvalue weighted by Gasteiger charge is 2.28. The molecule has 1 aromatic heterocycles. The van der Waals surface area contributed by atoms with Gasteiger partial charge in [0.05, 0.1) is 12.2 Å². The number of nitrogens with zero attached hydrogens (tertiary/aromatic N) is 4. The zero-order valence-electron chi connectivity index (χ0n) is 15.2. The fourth-order valence-corrected chi connectivity index (χ4v) is 3.19. The number of amides is 1. The maximum Gasteiger partial charge on any atom is 0.261 e. The molecule has 0 saturated carbocycles. The van der Waals surface area contributed by atoms with Crippen molar-refractivity contribution < 1.29 is 9.53 Å². The van der Waals surface area contributed by atoms with Crippen molar-refractivity contribution in [2.45, 2.75) is 32.5 Å². The molecule has 1 aliphatic rings. The Morgan fingerprint density at radius 1 is 1.28 bits per heavy atom. The second kappa shape index (κ2) is 7.70. The fourth-order valence-electron chi connectivity index (χ4n) is 3.19. The Balaban J connectivity index is 1.70. The molecule has 2 aromatic rings. The fraction of sp³-hybridized carbons (Fsp3) is 0.474. The third kappa shape index (κ3) is 4.39. The van der Waals surface area contributed by atoms with E-state index in [4.69, 9.17) is 4.74 Å². The lowest BCUT2D eigenvalue weighted by Crippen LogP contribution is -2.46. The van der Waals surface area contributed by atoms with E-state index in [-0.39, 0.29) is 18.6 Å². The van der Waals surface area contributed by atoms with E-state index in [0.29, 0.717) is 6.54 Å². The van der Waals surface area contributed by atoms with Gasteiger partial charge in [0.2, 0.25) is 0 Å². The highest BCUT2D eigenvalue weighted by molar-refractivity contribution is 5.78. The van der Waals surface area contributed by atoms with Crippen LogP contribution in [0, 0.1) is 6.92 Å². The number of rotatable bonds is 5. The van der Waals surface area contributed by atoms with Crippen LogP contribution in [0.4, 0.5) is 0 Å². The van der Waals surface area contributed by atoms with Crippen LogP contribution in [0.15, 0.2) is 36.5 Å². The number of fused-ring (bicyclic) bond motifs is 1. The summed E-state index contributed by atoms with van der Waals surface area (Å²) in [6.45, 7) is 4.33. The standard InChI is InChI=1S/C19H26N4O2/c1-15-4-6-18(7-5-15)25-14-19(24)22-13-17-8-10-20-23(17)11-9-16(22)12-21(2)3/h4-8,10,16H,9,11-14H2,1-3H3. The van der Waals surface area contributed by atoms with Crippen LogP contribution in [0.5, 0.6) is 5.75 Å². The van der Waals surface area contributed by atoms with Crippen molar-refractivity contribution in [3.8, 4) is 5.75 Å². The van der Waals surface area contributed by atoms with Crippen molar-refractivity contribution >= 4 is 5.91 Å². The average Bonchev–Trinajstić information content (AvgIpc) is 2.96. The minimum Gasteiger partial charge on any atom is -0.484 e. The predicted molar refractivity (Wildman–Crippen MR) is 96.4 cm³/mol. The molecule has 1 atom stereocenters. The van der Waals surface area contributed by atoms with Gasteiger partial charge in [-0.25, -0.2) is 0 Å². The number of aromatic nitrogens is 2. The normalized spacial score (nSPS) is 17.3. The van der Waals surface area contributed by atoms with E-state index in [1.54, 1.807) is 6.20 Å². The van der Waals surface area contributed by atoms with Gasteiger partial charge in [0, 0.05) is 25.3 Å². The zero-order valence-corrected chi connectivity index (χ0v) is 15.2. The molecule has 2 heterocycles. The molecule has 134 valence electrons. The minimum atomic E-state index is 0.0158. The van der Waals surface area contributed by atoms with Crippen LogP contribution >= 0.6 is 0 Å². The van der Waals surface area contributed by atoms with Gasteiger partial charge in [0.1, 0.15) is 5.75 Å². The molecule has 0 spiro atoms. The molecule has 1 aliphatic heterocycles. The van der Waals surface area contributed by atoms with Crippen molar-refractivity contribution in [1.29, 1.82) is 0 Å². The predicted octanol–water partition coefficient (Wildman–Crippen LogP) is 1.93. The molecule has 6 nitrogen and oxygen atoms in total. The van der Waals surface area contributed by atoms with Crippen LogP contribution < -0.4 is 4.74 Å². The molecule has 1 unspecified atom stereocenters. The Morgan fingerprint density at radius 3 is 2.76 bits per heavy atom. The quantitative estimate of drug-likeness (QED) is 0.833. The van der Waals surface area contributed by atoms with Crippen molar-refractivity contribution in [3.63, 3.8) is 0 Å². The maximum atomic E-state index is 12.9. The van der Waals surface area contributed by atoms with Gasteiger partial charge < -0.3 is 14.5 Å². The first-order valence-electron chi connectivity index (χ1n) is 8.67. The Labute approximate surface area is 149 Å². The van der Waals surface area contributed by atoms with Crippen molar-refractivity contribution in [2.75, 3.05) is 27.2 Å². The Bertz CT molecular complexity index is 708. The molecule has 0 fully saturated rings. The van der Waals surface area contributed by atoms with Gasteiger partial charge in [0.25, 0.3) is 5.91 Å². The van der Waals surface area contributed by atoms with Gasteiger partial charge in [-0.05, 0) is 45.6 Å². The van der Waals surface area contributed by atoms with Gasteiger partial charge in [-0.3, -0.25) is 9.48 Å². The van der Waals surface area contributed by atoms with Crippen LogP contribution in [0.1, 0.15) is 17.7 Å². The number of hydrogen-bond donors (Lipinski definition) is 0. The number of likely N-dealkylation sites (N-methyl/N-ethyl adjacent to an activating group) is 1. The van der Waals surface area contributed by atoms with Crippen LogP contribution in [0.25, 0.3) is 0 Å². The number of ether oxygens (including phenoxy) is 1. The van der Waals surface area contributed by atoms with E-state index >= 15 is 0 Å². The molecular weight excluding hydrogens is 316 g/mol. The topological polar surface area (TPSA) is 50.6 Å². The SMILES string of the molecule is Cc1ccc(OCC(=O)N2Cc3ccnn3CCC2CN(C)C)cc1. The minimum absolute atomic E-state index is 0.0158. The number of carbonyl (C=O) groups is 1. The molecule has 0 saturated heterocycles. The summed E-state index contributed by atoms with van der Waals surface area (Å²) in [6.07, 6.45) is 2.69. The number of hydrogen-bond acceptors (Lipinski definition) is 4. The third-order valence-corrected chi connectivity index (χ3v) is 4.53. The Morgan fingerprint density at radius 2 is 2.04 bits per heavy atom. The molecule has 25 heavy (non-hydrogen) atoms. The van der Waals surface area contributed by atoms with E-state index in [0.717, 1.165) is 31.0 Å². The number of aryl methyl sites for hydroxylation is 2. The van der Waals surface area contributed by atoms with E-state index in [2.05, 4.69) is 10.00 Å². The molecule has 1 aromatic carbocycles. The van der Waals surface area contributed by atoms with E-state index in [1.165, 1.54) is 5.56 Å². The van der Waals surface area contributed by atoms with Crippen LogP contribution in [-0.4, -0.2) is 58.8 Å². The van der Waals surface area contributed by atoms with Crippen LogP contribution in [0.2, 0.25) is 0 Å². The number of carbonyl (C=O) groups excluding carboxylic acids is 1. The van der Waals surface area contributed by atoms with E-state index in [9.17, 15) is 4.79 Å². The van der Waals surface area contributed by atoms with E-state index in [1.807, 2.05) is 60.9 Å². The Kier molecular flexibility index (Phi) is 5.38. The summed E-state index contributed by atoms with van der Waals surface area (Å²) in [5.41, 5.74) is 2.25. The summed E-state index contributed by atoms with van der Waals surface area (Å²) in [5.74, 6) is 0.741. The van der Waals surface area contributed by atoms with Gasteiger partial charge in [0.15, 0.2) is 6.61 Å². The molecule has 1 amide bonds. The maximum absolute atomic E-state index is 12.9. The summed E-state index contributed by atoms with van der Waals surface area (Å²) in [6, 6.07) is 9.91. The van der Waals surface area contributed by atoms with Gasteiger partial charge >= 0.3 is 0 Å². The highest BCUT2D eigenvalue weighted by atomic mass is 16.5. The van der Waals surface area contributed by atoms with Crippen molar-refractivity contribution in [3.05, 3.63) is 47.8 Å². The lowest BCUT2D eigenvalue weighted by molar-refractivity contribution is -0.136. The van der Waals surface area contributed by atoms with E-state index < -0.39 is 0 Å². The molecule has 0 radical (unpaired) electrons. The lowest BCUT2D eigenvalue weighted by atomic mass is 10.1. The smallest absolute Gasteiger partial charge is 0.261 e. The summed E-state index contributed by atoms with van der Waals surface area (Å²) in [4.78, 5) is 16.9. The largest absolute Gasteiger partial charge is 0.484 e. The highest BCUT2D eigenvalue weighted by Crippen LogP contribution is 2.19. The summed E-state index contributed by atoms with van der Waals surface area (Å²) >= 11 is 0. The molecule has 3 rings (SSSR count).